The maximum absolute atomic E-state index is 13.0. The van der Waals surface area contributed by atoms with Crippen molar-refractivity contribution in [3.63, 3.8) is 0 Å². The summed E-state index contributed by atoms with van der Waals surface area (Å²) in [7, 11) is 0. The summed E-state index contributed by atoms with van der Waals surface area (Å²) < 4.78 is 38.9. The van der Waals surface area contributed by atoms with Gasteiger partial charge in [-0.25, -0.2) is 13.2 Å². The molecule has 2 nitrogen and oxygen atoms in total. The van der Waals surface area contributed by atoms with Crippen molar-refractivity contribution in [3.05, 3.63) is 65.0 Å². The van der Waals surface area contributed by atoms with Crippen molar-refractivity contribution in [1.82, 2.24) is 0 Å². The average Bonchev–Trinajstić information content (AvgIpc) is 2.44. The van der Waals surface area contributed by atoms with Crippen LogP contribution in [0.1, 0.15) is 15.9 Å². The van der Waals surface area contributed by atoms with Crippen LogP contribution in [0.2, 0.25) is 0 Å². The van der Waals surface area contributed by atoms with Crippen molar-refractivity contribution in [2.75, 3.05) is 5.32 Å². The minimum Gasteiger partial charge on any atom is -0.322 e. The molecule has 0 bridgehead atoms. The van der Waals surface area contributed by atoms with E-state index >= 15 is 0 Å². The fourth-order valence-corrected chi connectivity index (χ4v) is 1.79. The minimum atomic E-state index is -1.61. The number of anilines is 1. The van der Waals surface area contributed by atoms with Gasteiger partial charge in [-0.05, 0) is 29.8 Å². The summed E-state index contributed by atoms with van der Waals surface area (Å²) in [5, 5.41) is 2.45. The first kappa shape index (κ1) is 14.4. The number of carbonyl (C=O) groups is 1. The Bertz CT molecular complexity index is 638. The number of halogens is 4. The molecular weight excluding hydrogens is 291 g/mol. The van der Waals surface area contributed by atoms with Crippen LogP contribution in [-0.2, 0) is 5.88 Å². The lowest BCUT2D eigenvalue weighted by Crippen LogP contribution is -2.13. The lowest BCUT2D eigenvalue weighted by atomic mass is 10.1. The van der Waals surface area contributed by atoms with Gasteiger partial charge in [0.15, 0.2) is 17.5 Å². The van der Waals surface area contributed by atoms with Crippen LogP contribution in [0.4, 0.5) is 18.9 Å². The summed E-state index contributed by atoms with van der Waals surface area (Å²) in [6.07, 6.45) is 0. The molecule has 0 spiro atoms. The predicted molar refractivity (Wildman–Crippen MR) is 70.3 cm³/mol. The van der Waals surface area contributed by atoms with E-state index in [1.54, 1.807) is 24.3 Å². The number of rotatable bonds is 3. The van der Waals surface area contributed by atoms with Gasteiger partial charge in [-0.15, -0.1) is 11.6 Å². The summed E-state index contributed by atoms with van der Waals surface area (Å²) in [5.41, 5.74) is 0.900. The fourth-order valence-electron chi connectivity index (χ4n) is 1.62. The highest BCUT2D eigenvalue weighted by molar-refractivity contribution is 6.17. The quantitative estimate of drug-likeness (QED) is 0.671. The highest BCUT2D eigenvalue weighted by atomic mass is 35.5. The van der Waals surface area contributed by atoms with Crippen LogP contribution in [0.5, 0.6) is 0 Å². The van der Waals surface area contributed by atoms with Gasteiger partial charge in [0, 0.05) is 17.1 Å². The molecule has 104 valence electrons. The number of hydrogen-bond donors (Lipinski definition) is 1. The Morgan fingerprint density at radius 3 is 2.35 bits per heavy atom. The van der Waals surface area contributed by atoms with Crippen LogP contribution in [0, 0.1) is 17.5 Å². The van der Waals surface area contributed by atoms with E-state index in [9.17, 15) is 18.0 Å². The third-order valence-corrected chi connectivity index (χ3v) is 2.89. The highest BCUT2D eigenvalue weighted by Crippen LogP contribution is 2.17. The second kappa shape index (κ2) is 5.96. The standard InChI is InChI=1S/C14H9ClF3NO/c15-7-8-2-1-3-10(4-8)19-14(20)9-5-11(16)13(18)12(17)6-9/h1-6H,7H2,(H,19,20). The number of benzene rings is 2. The van der Waals surface area contributed by atoms with Gasteiger partial charge in [-0.3, -0.25) is 4.79 Å². The second-order valence-electron chi connectivity index (χ2n) is 4.04. The average molecular weight is 300 g/mol. The Morgan fingerprint density at radius 2 is 1.75 bits per heavy atom. The molecule has 1 N–H and O–H groups in total. The second-order valence-corrected chi connectivity index (χ2v) is 4.31. The van der Waals surface area contributed by atoms with Gasteiger partial charge in [-0.1, -0.05) is 12.1 Å². The normalized spacial score (nSPS) is 10.4. The molecule has 1 amide bonds. The molecule has 2 aromatic rings. The van der Waals surface area contributed by atoms with Gasteiger partial charge in [-0.2, -0.15) is 0 Å². The lowest BCUT2D eigenvalue weighted by molar-refractivity contribution is 0.102. The fraction of sp³-hybridized carbons (Fsp3) is 0.0714. The molecule has 0 saturated carbocycles. The molecule has 0 saturated heterocycles. The topological polar surface area (TPSA) is 29.1 Å². The van der Waals surface area contributed by atoms with Crippen molar-refractivity contribution in [1.29, 1.82) is 0 Å². The molecule has 2 rings (SSSR count). The Labute approximate surface area is 118 Å². The molecule has 0 unspecified atom stereocenters. The molecule has 0 fully saturated rings. The van der Waals surface area contributed by atoms with Crippen LogP contribution >= 0.6 is 11.6 Å². The Morgan fingerprint density at radius 1 is 1.10 bits per heavy atom. The first-order chi connectivity index (χ1) is 9.51. The Balaban J connectivity index is 2.23. The number of hydrogen-bond acceptors (Lipinski definition) is 1. The molecule has 0 aromatic heterocycles. The van der Waals surface area contributed by atoms with E-state index in [1.165, 1.54) is 0 Å². The monoisotopic (exact) mass is 299 g/mol. The van der Waals surface area contributed by atoms with Gasteiger partial charge in [0.05, 0.1) is 0 Å². The number of nitrogens with one attached hydrogen (secondary N) is 1. The van der Waals surface area contributed by atoms with Gasteiger partial charge in [0.25, 0.3) is 5.91 Å². The van der Waals surface area contributed by atoms with E-state index in [4.69, 9.17) is 11.6 Å². The van der Waals surface area contributed by atoms with Crippen LogP contribution < -0.4 is 5.32 Å². The summed E-state index contributed by atoms with van der Waals surface area (Å²) in [6.45, 7) is 0. The van der Waals surface area contributed by atoms with Gasteiger partial charge in [0.2, 0.25) is 0 Å². The predicted octanol–water partition coefficient (Wildman–Crippen LogP) is 4.10. The molecule has 0 heterocycles. The molecule has 0 radical (unpaired) electrons. The summed E-state index contributed by atoms with van der Waals surface area (Å²) in [4.78, 5) is 11.8. The van der Waals surface area contributed by atoms with Gasteiger partial charge >= 0.3 is 0 Å². The van der Waals surface area contributed by atoms with E-state index in [0.717, 1.165) is 5.56 Å². The largest absolute Gasteiger partial charge is 0.322 e. The van der Waals surface area contributed by atoms with Crippen molar-refractivity contribution in [2.45, 2.75) is 5.88 Å². The smallest absolute Gasteiger partial charge is 0.255 e. The van der Waals surface area contributed by atoms with Crippen LogP contribution in [0.3, 0.4) is 0 Å². The Hall–Kier alpha value is -2.01. The van der Waals surface area contributed by atoms with Crippen molar-refractivity contribution in [3.8, 4) is 0 Å². The van der Waals surface area contributed by atoms with E-state index < -0.39 is 23.4 Å². The first-order valence-electron chi connectivity index (χ1n) is 5.62. The third-order valence-electron chi connectivity index (χ3n) is 2.59. The van der Waals surface area contributed by atoms with E-state index in [2.05, 4.69) is 5.32 Å². The lowest BCUT2D eigenvalue weighted by Gasteiger charge is -2.07. The molecule has 0 aliphatic rings. The molecule has 0 aliphatic carbocycles. The zero-order valence-corrected chi connectivity index (χ0v) is 10.8. The van der Waals surface area contributed by atoms with E-state index in [0.29, 0.717) is 17.8 Å². The summed E-state index contributed by atoms with van der Waals surface area (Å²) in [5.74, 6) is -4.90. The number of amides is 1. The number of carbonyl (C=O) groups excluding carboxylic acids is 1. The molecule has 20 heavy (non-hydrogen) atoms. The number of alkyl halides is 1. The summed E-state index contributed by atoms with van der Waals surface area (Å²) >= 11 is 5.66. The SMILES string of the molecule is O=C(Nc1cccc(CCl)c1)c1cc(F)c(F)c(F)c1. The first-order valence-corrected chi connectivity index (χ1v) is 6.15. The third kappa shape index (κ3) is 3.11. The maximum Gasteiger partial charge on any atom is 0.255 e. The van der Waals surface area contributed by atoms with Gasteiger partial charge in [0.1, 0.15) is 0 Å². The molecule has 0 atom stereocenters. The van der Waals surface area contributed by atoms with Crippen LogP contribution in [-0.4, -0.2) is 5.91 Å². The summed E-state index contributed by atoms with van der Waals surface area (Å²) in [6, 6.07) is 7.95. The zero-order chi connectivity index (χ0) is 14.7. The van der Waals surface area contributed by atoms with Crippen molar-refractivity contribution < 1.29 is 18.0 Å². The molecule has 2 aromatic carbocycles. The zero-order valence-electron chi connectivity index (χ0n) is 10.1. The molecule has 6 heteroatoms. The van der Waals surface area contributed by atoms with E-state index in [-0.39, 0.29) is 11.4 Å². The Kier molecular flexibility index (Phi) is 4.29. The van der Waals surface area contributed by atoms with Crippen molar-refractivity contribution in [2.24, 2.45) is 0 Å². The molecule has 0 aliphatic heterocycles. The highest BCUT2D eigenvalue weighted by Gasteiger charge is 2.15. The van der Waals surface area contributed by atoms with Crippen LogP contribution in [0.15, 0.2) is 36.4 Å². The maximum atomic E-state index is 13.0. The molecular formula is C14H9ClF3NO. The van der Waals surface area contributed by atoms with E-state index in [1.807, 2.05) is 0 Å². The van der Waals surface area contributed by atoms with Crippen LogP contribution in [0.25, 0.3) is 0 Å². The minimum absolute atomic E-state index is 0.267. The van der Waals surface area contributed by atoms with Gasteiger partial charge < -0.3 is 5.32 Å². The van der Waals surface area contributed by atoms with Crippen molar-refractivity contribution >= 4 is 23.2 Å².